The third kappa shape index (κ3) is 64.2. The lowest BCUT2D eigenvalue weighted by atomic mass is 10.0. The molecule has 0 aromatic heterocycles. The first kappa shape index (κ1) is 75.4. The van der Waals surface area contributed by atoms with Gasteiger partial charge in [-0.15, -0.1) is 0 Å². The number of unbranched alkanes of at least 4 members (excludes halogenated alkanes) is 45. The van der Waals surface area contributed by atoms with Gasteiger partial charge in [0.15, 0.2) is 6.10 Å². The summed E-state index contributed by atoms with van der Waals surface area (Å²) in [4.78, 5) is 38.4. The van der Waals surface area contributed by atoms with Crippen molar-refractivity contribution in [2.75, 3.05) is 13.2 Å². The van der Waals surface area contributed by atoms with Crippen LogP contribution in [0.3, 0.4) is 0 Å². The van der Waals surface area contributed by atoms with Crippen molar-refractivity contribution in [1.82, 2.24) is 0 Å². The second-order valence-corrected chi connectivity index (χ2v) is 23.4. The van der Waals surface area contributed by atoms with Gasteiger partial charge in [-0.05, 0) is 103 Å². The number of esters is 3. The summed E-state index contributed by atoms with van der Waals surface area (Å²) in [5.41, 5.74) is 0. The Morgan fingerprint density at radius 1 is 0.256 bits per heavy atom. The summed E-state index contributed by atoms with van der Waals surface area (Å²) >= 11 is 0. The van der Waals surface area contributed by atoms with E-state index in [1.165, 1.54) is 263 Å². The lowest BCUT2D eigenvalue weighted by molar-refractivity contribution is -0.167. The number of carbonyl (C=O) groups is 3. The van der Waals surface area contributed by atoms with Crippen LogP contribution in [0.1, 0.15) is 374 Å². The Balaban J connectivity index is 4.29. The van der Waals surface area contributed by atoms with Gasteiger partial charge < -0.3 is 14.2 Å². The number of carbonyl (C=O) groups excluding carboxylic acids is 3. The molecule has 6 heteroatoms. The number of hydrogen-bond donors (Lipinski definition) is 0. The minimum atomic E-state index is -0.778. The van der Waals surface area contributed by atoms with E-state index in [0.717, 1.165) is 70.6 Å². The zero-order chi connectivity index (χ0) is 56.4. The summed E-state index contributed by atoms with van der Waals surface area (Å²) in [5, 5.41) is 0. The number of ether oxygens (including phenoxy) is 3. The average molecular weight is 1090 g/mol. The fraction of sp³-hybridized carbons (Fsp3) is 0.847. The highest BCUT2D eigenvalue weighted by atomic mass is 16.6. The van der Waals surface area contributed by atoms with Crippen molar-refractivity contribution in [2.45, 2.75) is 380 Å². The predicted molar refractivity (Wildman–Crippen MR) is 339 cm³/mol. The summed E-state index contributed by atoms with van der Waals surface area (Å²) in [6.45, 7) is 6.67. The predicted octanol–water partition coefficient (Wildman–Crippen LogP) is 23.7. The van der Waals surface area contributed by atoms with Crippen LogP contribution in [0.5, 0.6) is 0 Å². The van der Waals surface area contributed by atoms with Crippen LogP contribution in [0.2, 0.25) is 0 Å². The van der Waals surface area contributed by atoms with Crippen molar-refractivity contribution < 1.29 is 28.6 Å². The van der Waals surface area contributed by atoms with Crippen molar-refractivity contribution in [1.29, 1.82) is 0 Å². The van der Waals surface area contributed by atoms with Gasteiger partial charge in [0.1, 0.15) is 13.2 Å². The van der Waals surface area contributed by atoms with Crippen LogP contribution in [0, 0.1) is 0 Å². The molecule has 0 aliphatic carbocycles. The first-order chi connectivity index (χ1) is 38.5. The highest BCUT2D eigenvalue weighted by Crippen LogP contribution is 2.17. The second-order valence-electron chi connectivity index (χ2n) is 23.4. The molecule has 0 aromatic rings. The average Bonchev–Trinajstić information content (AvgIpc) is 3.44. The molecule has 0 spiro atoms. The van der Waals surface area contributed by atoms with Gasteiger partial charge in [-0.3, -0.25) is 14.4 Å². The number of hydrogen-bond acceptors (Lipinski definition) is 6. The SMILES string of the molecule is CCCCCCC/C=C\C/C=C\CCCCCCCCCCCCCC(=O)OCC(COC(=O)CCCCCCC/C=C\CCCCCCC)OC(=O)CCCCCCCCCCCCC/C=C\CCCCCCCCCC. The van der Waals surface area contributed by atoms with Gasteiger partial charge in [-0.2, -0.15) is 0 Å². The first-order valence-corrected chi connectivity index (χ1v) is 34.6. The molecule has 456 valence electrons. The molecule has 0 aliphatic heterocycles. The molecule has 0 amide bonds. The third-order valence-corrected chi connectivity index (χ3v) is 15.5. The largest absolute Gasteiger partial charge is 0.462 e. The topological polar surface area (TPSA) is 78.9 Å². The Kier molecular flexibility index (Phi) is 64.6. The summed E-state index contributed by atoms with van der Waals surface area (Å²) in [7, 11) is 0. The molecule has 0 aromatic carbocycles. The van der Waals surface area contributed by atoms with E-state index in [1.54, 1.807) is 0 Å². The van der Waals surface area contributed by atoms with Crippen LogP contribution in [0.4, 0.5) is 0 Å². The van der Waals surface area contributed by atoms with E-state index in [4.69, 9.17) is 14.2 Å². The molecule has 0 radical (unpaired) electrons. The minimum Gasteiger partial charge on any atom is -0.462 e. The maximum absolute atomic E-state index is 12.9. The monoisotopic (exact) mass is 1090 g/mol. The van der Waals surface area contributed by atoms with Crippen LogP contribution >= 0.6 is 0 Å². The van der Waals surface area contributed by atoms with Crippen molar-refractivity contribution in [3.05, 3.63) is 48.6 Å². The first-order valence-electron chi connectivity index (χ1n) is 34.6. The lowest BCUT2D eigenvalue weighted by Crippen LogP contribution is -2.30. The maximum Gasteiger partial charge on any atom is 0.306 e. The van der Waals surface area contributed by atoms with Gasteiger partial charge in [-0.25, -0.2) is 0 Å². The molecule has 0 N–H and O–H groups in total. The van der Waals surface area contributed by atoms with Gasteiger partial charge in [0.25, 0.3) is 0 Å². The van der Waals surface area contributed by atoms with E-state index < -0.39 is 6.10 Å². The Bertz CT molecular complexity index is 1350. The highest BCUT2D eigenvalue weighted by Gasteiger charge is 2.19. The minimum absolute atomic E-state index is 0.0741. The Morgan fingerprint density at radius 3 is 0.718 bits per heavy atom. The van der Waals surface area contributed by atoms with Crippen molar-refractivity contribution in [3.63, 3.8) is 0 Å². The molecule has 0 fully saturated rings. The third-order valence-electron chi connectivity index (χ3n) is 15.5. The van der Waals surface area contributed by atoms with Crippen LogP contribution < -0.4 is 0 Å². The standard InChI is InChI=1S/C72H132O6/c1-4-7-10-13-16-19-22-25-28-30-32-34-36-38-40-42-44-47-50-53-56-59-62-65-71(74)77-68-69(67-76-70(73)64-61-58-55-52-49-46-27-24-21-18-15-12-9-6-3)78-72(75)66-63-60-57-54-51-48-45-43-41-39-37-35-33-31-29-26-23-20-17-14-11-8-5-2/h22,24-25,27,30-33,69H,4-21,23,26,28-29,34-68H2,1-3H3/b25-22-,27-24-,32-30-,33-31-. The molecule has 0 saturated carbocycles. The lowest BCUT2D eigenvalue weighted by Gasteiger charge is -2.18. The molecule has 0 aliphatic rings. The number of rotatable bonds is 64. The molecular weight excluding hydrogens is 961 g/mol. The molecule has 78 heavy (non-hydrogen) atoms. The van der Waals surface area contributed by atoms with E-state index in [2.05, 4.69) is 69.4 Å². The van der Waals surface area contributed by atoms with Crippen LogP contribution in [-0.4, -0.2) is 37.2 Å². The van der Waals surface area contributed by atoms with Crippen LogP contribution in [-0.2, 0) is 28.6 Å². The molecule has 1 atom stereocenters. The normalized spacial score (nSPS) is 12.3. The van der Waals surface area contributed by atoms with E-state index in [0.29, 0.717) is 19.3 Å². The summed E-state index contributed by atoms with van der Waals surface area (Å²) in [6, 6.07) is 0. The highest BCUT2D eigenvalue weighted by molar-refractivity contribution is 5.71. The molecule has 0 bridgehead atoms. The van der Waals surface area contributed by atoms with Crippen molar-refractivity contribution >= 4 is 17.9 Å². The van der Waals surface area contributed by atoms with Gasteiger partial charge in [0.05, 0.1) is 0 Å². The summed E-state index contributed by atoms with van der Waals surface area (Å²) in [5.74, 6) is -0.862. The Morgan fingerprint density at radius 2 is 0.462 bits per heavy atom. The van der Waals surface area contributed by atoms with E-state index in [1.807, 2.05) is 0 Å². The van der Waals surface area contributed by atoms with Crippen LogP contribution in [0.25, 0.3) is 0 Å². The van der Waals surface area contributed by atoms with Crippen molar-refractivity contribution in [2.24, 2.45) is 0 Å². The van der Waals surface area contributed by atoms with Gasteiger partial charge in [0.2, 0.25) is 0 Å². The summed E-state index contributed by atoms with van der Waals surface area (Å²) < 4.78 is 17.0. The molecular formula is C72H132O6. The van der Waals surface area contributed by atoms with E-state index >= 15 is 0 Å². The zero-order valence-electron chi connectivity index (χ0n) is 52.5. The maximum atomic E-state index is 12.9. The van der Waals surface area contributed by atoms with Gasteiger partial charge in [-0.1, -0.05) is 301 Å². The van der Waals surface area contributed by atoms with E-state index in [-0.39, 0.29) is 31.1 Å². The number of allylic oxidation sites excluding steroid dienone is 8. The van der Waals surface area contributed by atoms with Gasteiger partial charge in [0, 0.05) is 19.3 Å². The fourth-order valence-electron chi connectivity index (χ4n) is 10.3. The van der Waals surface area contributed by atoms with Gasteiger partial charge >= 0.3 is 17.9 Å². The second kappa shape index (κ2) is 66.9. The molecule has 0 rings (SSSR count). The van der Waals surface area contributed by atoms with Crippen molar-refractivity contribution in [3.8, 4) is 0 Å². The Labute approximate surface area is 486 Å². The van der Waals surface area contributed by atoms with E-state index in [9.17, 15) is 14.4 Å². The molecule has 6 nitrogen and oxygen atoms in total. The fourth-order valence-corrected chi connectivity index (χ4v) is 10.3. The van der Waals surface area contributed by atoms with Crippen LogP contribution in [0.15, 0.2) is 48.6 Å². The molecule has 0 heterocycles. The molecule has 0 saturated heterocycles. The summed E-state index contributed by atoms with van der Waals surface area (Å²) in [6.07, 6.45) is 84.1. The molecule has 1 unspecified atom stereocenters. The Hall–Kier alpha value is -2.63. The zero-order valence-corrected chi connectivity index (χ0v) is 52.5. The smallest absolute Gasteiger partial charge is 0.306 e. The quantitative estimate of drug-likeness (QED) is 0.0261.